The van der Waals surface area contributed by atoms with Gasteiger partial charge in [0.05, 0.1) is 35.4 Å². The first-order chi connectivity index (χ1) is 17.9. The second-order valence-corrected chi connectivity index (χ2v) is 10.8. The van der Waals surface area contributed by atoms with Crippen molar-refractivity contribution in [2.75, 3.05) is 0 Å². The van der Waals surface area contributed by atoms with Gasteiger partial charge in [-0.25, -0.2) is 4.98 Å². The van der Waals surface area contributed by atoms with E-state index in [1.807, 2.05) is 62.4 Å². The van der Waals surface area contributed by atoms with Gasteiger partial charge in [-0.15, -0.1) is 0 Å². The second-order valence-electron chi connectivity index (χ2n) is 10.8. The fourth-order valence-corrected chi connectivity index (χ4v) is 6.15. The molecule has 3 heterocycles. The van der Waals surface area contributed by atoms with E-state index in [0.29, 0.717) is 25.9 Å². The molecule has 0 radical (unpaired) electrons. The molecule has 2 aromatic heterocycles. The van der Waals surface area contributed by atoms with E-state index in [2.05, 4.69) is 20.6 Å². The van der Waals surface area contributed by atoms with E-state index in [0.717, 1.165) is 69.8 Å². The Bertz CT molecular complexity index is 1540. The molecule has 0 amide bonds. The monoisotopic (exact) mass is 492 g/mol. The lowest BCUT2D eigenvalue weighted by Gasteiger charge is -2.37. The lowest BCUT2D eigenvalue weighted by molar-refractivity contribution is -0.0298. The summed E-state index contributed by atoms with van der Waals surface area (Å²) in [5.74, 6) is 1.21. The molecule has 6 nitrogen and oxygen atoms in total. The summed E-state index contributed by atoms with van der Waals surface area (Å²) >= 11 is 0. The number of imidazole rings is 1. The van der Waals surface area contributed by atoms with E-state index in [1.165, 1.54) is 0 Å². The van der Waals surface area contributed by atoms with Crippen LogP contribution in [0.5, 0.6) is 0 Å². The third-order valence-electron chi connectivity index (χ3n) is 7.96. The summed E-state index contributed by atoms with van der Waals surface area (Å²) in [5.41, 5.74) is 7.00. The molecule has 1 saturated carbocycles. The summed E-state index contributed by atoms with van der Waals surface area (Å²) < 4.78 is 2.13. The van der Waals surface area contributed by atoms with Crippen molar-refractivity contribution >= 4 is 22.5 Å². The van der Waals surface area contributed by atoms with Crippen LogP contribution in [0, 0.1) is 19.8 Å². The fraction of sp³-hybridized carbons (Fsp3) is 0.355. The highest BCUT2D eigenvalue weighted by molar-refractivity contribution is 6.16. The average Bonchev–Trinajstić information content (AvgIpc) is 3.44. The zero-order chi connectivity index (χ0) is 25.6. The number of fused-ring (bicyclic) bond motifs is 2. The summed E-state index contributed by atoms with van der Waals surface area (Å²) in [5, 5.41) is 11.6. The average molecular weight is 493 g/mol. The summed E-state index contributed by atoms with van der Waals surface area (Å²) in [6, 6.07) is 18.1. The lowest BCUT2D eigenvalue weighted by atomic mass is 9.75. The van der Waals surface area contributed by atoms with Crippen LogP contribution in [-0.2, 0) is 13.1 Å². The Labute approximate surface area is 217 Å². The van der Waals surface area contributed by atoms with E-state index in [9.17, 15) is 9.90 Å². The largest absolute Gasteiger partial charge is 0.388 e. The van der Waals surface area contributed by atoms with Crippen molar-refractivity contribution in [3.63, 3.8) is 0 Å². The molecule has 0 bridgehead atoms. The standard InChI is InChI=1S/C31H32N4O2/c1-20-14-24(11-13-32-20)30-26-16-23(9-10-25(26)18-33-30)29(36)15-22-6-5-12-31(37,17-22)19-35-21(2)34-27-7-3-4-8-28(27)35/h3-4,7-11,13-14,16,22,37H,5-6,12,15,17-19H2,1-2H3/t22-,31+/m1/s1. The number of nitrogens with zero attached hydrogens (tertiary/aromatic N) is 4. The highest BCUT2D eigenvalue weighted by atomic mass is 16.3. The number of carbonyl (C=O) groups excluding carboxylic acids is 1. The number of aromatic nitrogens is 3. The first-order valence-corrected chi connectivity index (χ1v) is 13.2. The van der Waals surface area contributed by atoms with Gasteiger partial charge in [0.15, 0.2) is 5.78 Å². The van der Waals surface area contributed by atoms with Gasteiger partial charge in [-0.1, -0.05) is 30.7 Å². The maximum absolute atomic E-state index is 13.4. The van der Waals surface area contributed by atoms with Gasteiger partial charge in [0.2, 0.25) is 0 Å². The van der Waals surface area contributed by atoms with Crippen LogP contribution < -0.4 is 0 Å². The van der Waals surface area contributed by atoms with Crippen molar-refractivity contribution in [1.82, 2.24) is 14.5 Å². The number of aryl methyl sites for hydroxylation is 2. The number of Topliss-reactive ketones (excluding diaryl/α,β-unsaturated/α-hetero) is 1. The van der Waals surface area contributed by atoms with Gasteiger partial charge in [0.1, 0.15) is 5.82 Å². The van der Waals surface area contributed by atoms with Crippen molar-refractivity contribution in [2.45, 2.75) is 64.6 Å². The SMILES string of the molecule is Cc1cc(C2=NCc3ccc(C(=O)C[C@H]4CCC[C@@](O)(Cn5c(C)nc6ccccc65)C4)cc32)ccn1. The third kappa shape index (κ3) is 4.62. The summed E-state index contributed by atoms with van der Waals surface area (Å²) in [4.78, 5) is 27.1. The van der Waals surface area contributed by atoms with Crippen LogP contribution in [0.25, 0.3) is 11.0 Å². The molecule has 2 aliphatic rings. The first-order valence-electron chi connectivity index (χ1n) is 13.2. The number of para-hydroxylation sites is 2. The summed E-state index contributed by atoms with van der Waals surface area (Å²) in [6.45, 7) is 5.11. The number of ketones is 1. The molecule has 1 aliphatic heterocycles. The predicted molar refractivity (Wildman–Crippen MR) is 145 cm³/mol. The molecule has 37 heavy (non-hydrogen) atoms. The maximum Gasteiger partial charge on any atom is 0.163 e. The number of carbonyl (C=O) groups is 1. The topological polar surface area (TPSA) is 80.4 Å². The number of hydrogen-bond donors (Lipinski definition) is 1. The van der Waals surface area contributed by atoms with Gasteiger partial charge in [-0.3, -0.25) is 14.8 Å². The number of hydrogen-bond acceptors (Lipinski definition) is 5. The van der Waals surface area contributed by atoms with Gasteiger partial charge in [-0.2, -0.15) is 0 Å². The Balaban J connectivity index is 1.18. The molecule has 1 fully saturated rings. The zero-order valence-electron chi connectivity index (χ0n) is 21.4. The Morgan fingerprint density at radius 3 is 2.86 bits per heavy atom. The van der Waals surface area contributed by atoms with Gasteiger partial charge >= 0.3 is 0 Å². The minimum Gasteiger partial charge on any atom is -0.388 e. The molecular weight excluding hydrogens is 460 g/mol. The molecule has 188 valence electrons. The fourth-order valence-electron chi connectivity index (χ4n) is 6.15. The van der Waals surface area contributed by atoms with Crippen LogP contribution in [0.2, 0.25) is 0 Å². The van der Waals surface area contributed by atoms with E-state index >= 15 is 0 Å². The Hall–Kier alpha value is -3.64. The maximum atomic E-state index is 13.4. The highest BCUT2D eigenvalue weighted by Crippen LogP contribution is 2.37. The van der Waals surface area contributed by atoms with Crippen molar-refractivity contribution in [2.24, 2.45) is 10.9 Å². The molecule has 2 atom stereocenters. The number of aliphatic imine (C=N–C) groups is 1. The van der Waals surface area contributed by atoms with Gasteiger partial charge in [0.25, 0.3) is 0 Å². The van der Waals surface area contributed by atoms with E-state index in [4.69, 9.17) is 4.99 Å². The molecule has 4 aromatic rings. The molecule has 2 aromatic carbocycles. The van der Waals surface area contributed by atoms with E-state index in [-0.39, 0.29) is 11.7 Å². The summed E-state index contributed by atoms with van der Waals surface area (Å²) in [7, 11) is 0. The molecule has 0 spiro atoms. The molecule has 0 unspecified atom stereocenters. The number of benzene rings is 2. The molecular formula is C31H32N4O2. The Kier molecular flexibility index (Phi) is 6.00. The van der Waals surface area contributed by atoms with Crippen LogP contribution in [0.15, 0.2) is 65.8 Å². The van der Waals surface area contributed by atoms with E-state index in [1.54, 1.807) is 6.20 Å². The zero-order valence-corrected chi connectivity index (χ0v) is 21.4. The Morgan fingerprint density at radius 1 is 1.14 bits per heavy atom. The second kappa shape index (κ2) is 9.34. The number of aliphatic hydroxyl groups is 1. The smallest absolute Gasteiger partial charge is 0.163 e. The van der Waals surface area contributed by atoms with Crippen molar-refractivity contribution < 1.29 is 9.90 Å². The first kappa shape index (κ1) is 23.7. The molecule has 6 rings (SSSR count). The molecule has 0 saturated heterocycles. The summed E-state index contributed by atoms with van der Waals surface area (Å²) in [6.07, 6.45) is 5.50. The quantitative estimate of drug-likeness (QED) is 0.356. The van der Waals surface area contributed by atoms with Crippen molar-refractivity contribution in [1.29, 1.82) is 0 Å². The highest BCUT2D eigenvalue weighted by Gasteiger charge is 2.36. The van der Waals surface area contributed by atoms with Crippen LogP contribution in [0.4, 0.5) is 0 Å². The van der Waals surface area contributed by atoms with Crippen LogP contribution in [0.1, 0.15) is 70.7 Å². The van der Waals surface area contributed by atoms with Crippen LogP contribution in [0.3, 0.4) is 0 Å². The van der Waals surface area contributed by atoms with E-state index < -0.39 is 5.60 Å². The molecule has 1 aliphatic carbocycles. The van der Waals surface area contributed by atoms with Crippen LogP contribution >= 0.6 is 0 Å². The molecule has 6 heteroatoms. The van der Waals surface area contributed by atoms with Gasteiger partial charge in [0, 0.05) is 35.0 Å². The van der Waals surface area contributed by atoms with Crippen molar-refractivity contribution in [3.8, 4) is 0 Å². The minimum atomic E-state index is -0.839. The van der Waals surface area contributed by atoms with Crippen LogP contribution in [-0.4, -0.2) is 36.7 Å². The molecule has 1 N–H and O–H groups in total. The lowest BCUT2D eigenvalue weighted by Crippen LogP contribution is -2.40. The minimum absolute atomic E-state index is 0.137. The number of rotatable bonds is 6. The van der Waals surface area contributed by atoms with Gasteiger partial charge in [-0.05, 0) is 74.9 Å². The van der Waals surface area contributed by atoms with Crippen molar-refractivity contribution in [3.05, 3.63) is 94.6 Å². The normalized spacial score (nSPS) is 21.2. The van der Waals surface area contributed by atoms with Gasteiger partial charge < -0.3 is 9.67 Å². The third-order valence-corrected chi connectivity index (χ3v) is 7.96. The Morgan fingerprint density at radius 2 is 2.00 bits per heavy atom. The number of pyridine rings is 1. The predicted octanol–water partition coefficient (Wildman–Crippen LogP) is 5.59.